The topological polar surface area (TPSA) is 175 Å². The molecule has 5 unspecified atom stereocenters. The Morgan fingerprint density at radius 2 is 1.69 bits per heavy atom. The number of hydrogen-bond acceptors (Lipinski definition) is 11. The summed E-state index contributed by atoms with van der Waals surface area (Å²) in [5.41, 5.74) is 0.713. The number of aromatic hydroxyl groups is 1. The lowest BCUT2D eigenvalue weighted by atomic mass is 9.81. The summed E-state index contributed by atoms with van der Waals surface area (Å²) in [7, 11) is 3.03. The average Bonchev–Trinajstić information content (AvgIpc) is 2.84. The maximum atomic E-state index is 13.6. The highest BCUT2D eigenvalue weighted by atomic mass is 16.7. The van der Waals surface area contributed by atoms with Gasteiger partial charge in [-0.3, -0.25) is 9.59 Å². The lowest BCUT2D eigenvalue weighted by molar-refractivity contribution is -0.277. The van der Waals surface area contributed by atoms with Gasteiger partial charge in [-0.25, -0.2) is 0 Å². The second-order valence-corrected chi connectivity index (χ2v) is 8.49. The van der Waals surface area contributed by atoms with Gasteiger partial charge in [0.15, 0.2) is 5.78 Å². The van der Waals surface area contributed by atoms with Crippen molar-refractivity contribution < 1.29 is 49.3 Å². The summed E-state index contributed by atoms with van der Waals surface area (Å²) >= 11 is 0. The molecule has 1 fully saturated rings. The minimum Gasteiger partial charge on any atom is -0.507 e. The van der Waals surface area contributed by atoms with Crippen LogP contribution in [0.4, 0.5) is 0 Å². The molecule has 5 atom stereocenters. The first-order valence-electron chi connectivity index (χ1n) is 10.9. The van der Waals surface area contributed by atoms with E-state index in [1.165, 1.54) is 19.2 Å². The molecule has 6 N–H and O–H groups in total. The number of ether oxygens (including phenoxy) is 3. The van der Waals surface area contributed by atoms with Crippen LogP contribution in [0.1, 0.15) is 43.0 Å². The number of carbonyl (C=O) groups excluding carboxylic acids is 2. The number of hydrogen-bond donors (Lipinski definition) is 6. The zero-order valence-corrected chi connectivity index (χ0v) is 19.3. The standard InChI is InChI=1S/C24H27NO10/c1-9-4-11-17(19(28)13(9)7-25-2)21(30)16-12(18(11)27)5-10(33-3)6-14(16)34-24-23(32)22(31)20(29)15(8-26)35-24/h4-6,15,20,22-26,28-29,31-32H,7-8H2,1-3H3. The number of ketones is 2. The van der Waals surface area contributed by atoms with Gasteiger partial charge in [-0.1, -0.05) is 0 Å². The molecule has 0 spiro atoms. The zero-order valence-electron chi connectivity index (χ0n) is 19.3. The Hall–Kier alpha value is -3.06. The number of aryl methyl sites for hydroxylation is 1. The summed E-state index contributed by atoms with van der Waals surface area (Å²) in [4.78, 5) is 27.1. The monoisotopic (exact) mass is 489 g/mol. The minimum absolute atomic E-state index is 0.0318. The Labute approximate surface area is 200 Å². The number of benzene rings is 2. The number of carbonyl (C=O) groups is 2. The Kier molecular flexibility index (Phi) is 6.82. The average molecular weight is 489 g/mol. The molecule has 1 aliphatic heterocycles. The number of aliphatic hydroxyl groups excluding tert-OH is 4. The van der Waals surface area contributed by atoms with Crippen molar-refractivity contribution in [3.05, 3.63) is 51.6 Å². The van der Waals surface area contributed by atoms with Crippen molar-refractivity contribution in [2.24, 2.45) is 0 Å². The fourth-order valence-corrected chi connectivity index (χ4v) is 4.42. The highest BCUT2D eigenvalue weighted by molar-refractivity contribution is 6.30. The molecule has 0 amide bonds. The van der Waals surface area contributed by atoms with Crippen molar-refractivity contribution in [1.29, 1.82) is 0 Å². The van der Waals surface area contributed by atoms with Crippen LogP contribution in [0, 0.1) is 6.92 Å². The molecular formula is C24H27NO10. The first kappa shape index (κ1) is 25.0. The maximum absolute atomic E-state index is 13.6. The summed E-state index contributed by atoms with van der Waals surface area (Å²) in [5, 5.41) is 53.8. The first-order valence-corrected chi connectivity index (χ1v) is 10.9. The lowest BCUT2D eigenvalue weighted by Gasteiger charge is -2.39. The Balaban J connectivity index is 1.84. The van der Waals surface area contributed by atoms with Crippen LogP contribution in [-0.2, 0) is 11.3 Å². The summed E-state index contributed by atoms with van der Waals surface area (Å²) < 4.78 is 16.4. The number of rotatable bonds is 6. The van der Waals surface area contributed by atoms with Crippen LogP contribution >= 0.6 is 0 Å². The van der Waals surface area contributed by atoms with E-state index >= 15 is 0 Å². The second kappa shape index (κ2) is 9.53. The van der Waals surface area contributed by atoms with E-state index in [1.54, 1.807) is 20.0 Å². The molecule has 2 aromatic carbocycles. The van der Waals surface area contributed by atoms with Gasteiger partial charge in [-0.05, 0) is 31.7 Å². The van der Waals surface area contributed by atoms with Crippen LogP contribution in [0.3, 0.4) is 0 Å². The van der Waals surface area contributed by atoms with Gasteiger partial charge in [0.25, 0.3) is 0 Å². The van der Waals surface area contributed by atoms with E-state index in [0.29, 0.717) is 11.1 Å². The van der Waals surface area contributed by atoms with Crippen LogP contribution in [0.25, 0.3) is 0 Å². The quantitative estimate of drug-likeness (QED) is 0.260. The Morgan fingerprint density at radius 3 is 2.31 bits per heavy atom. The smallest absolute Gasteiger partial charge is 0.229 e. The van der Waals surface area contributed by atoms with Gasteiger partial charge in [0, 0.05) is 29.3 Å². The second-order valence-electron chi connectivity index (χ2n) is 8.49. The fraction of sp³-hybridized carbons (Fsp3) is 0.417. The van der Waals surface area contributed by atoms with Gasteiger partial charge in [-0.2, -0.15) is 0 Å². The zero-order chi connectivity index (χ0) is 25.6. The normalized spacial score (nSPS) is 25.7. The van der Waals surface area contributed by atoms with Crippen LogP contribution in [0.2, 0.25) is 0 Å². The molecular weight excluding hydrogens is 462 g/mol. The van der Waals surface area contributed by atoms with Gasteiger partial charge >= 0.3 is 0 Å². The van der Waals surface area contributed by atoms with Crippen molar-refractivity contribution in [3.8, 4) is 17.2 Å². The third-order valence-electron chi connectivity index (χ3n) is 6.33. The molecule has 35 heavy (non-hydrogen) atoms. The first-order chi connectivity index (χ1) is 16.6. The molecule has 11 heteroatoms. The van der Waals surface area contributed by atoms with E-state index in [9.17, 15) is 35.1 Å². The largest absolute Gasteiger partial charge is 0.507 e. The van der Waals surface area contributed by atoms with Gasteiger partial charge in [0.05, 0.1) is 24.8 Å². The van der Waals surface area contributed by atoms with E-state index in [2.05, 4.69) is 5.32 Å². The number of nitrogens with one attached hydrogen (secondary N) is 1. The summed E-state index contributed by atoms with van der Waals surface area (Å²) in [6, 6.07) is 4.21. The van der Waals surface area contributed by atoms with Gasteiger partial charge in [0.2, 0.25) is 12.1 Å². The van der Waals surface area contributed by atoms with Crippen molar-refractivity contribution in [1.82, 2.24) is 5.32 Å². The van der Waals surface area contributed by atoms with Gasteiger partial charge < -0.3 is 45.1 Å². The highest BCUT2D eigenvalue weighted by Gasteiger charge is 2.46. The number of phenols is 1. The van der Waals surface area contributed by atoms with Crippen molar-refractivity contribution >= 4 is 11.6 Å². The Morgan fingerprint density at radius 1 is 1.00 bits per heavy atom. The van der Waals surface area contributed by atoms with E-state index < -0.39 is 48.9 Å². The molecule has 0 aromatic heterocycles. The maximum Gasteiger partial charge on any atom is 0.229 e. The minimum atomic E-state index is -1.74. The van der Waals surface area contributed by atoms with Gasteiger partial charge in [-0.15, -0.1) is 0 Å². The third kappa shape index (κ3) is 4.05. The predicted octanol–water partition coefficient (Wildman–Crippen LogP) is -0.617. The summed E-state index contributed by atoms with van der Waals surface area (Å²) in [5.74, 6) is -1.59. The van der Waals surface area contributed by atoms with Crippen LogP contribution in [0.5, 0.6) is 17.2 Å². The number of fused-ring (bicyclic) bond motifs is 2. The molecule has 2 aromatic rings. The Bertz CT molecular complexity index is 1180. The van der Waals surface area contributed by atoms with Crippen molar-refractivity contribution in [2.45, 2.75) is 44.2 Å². The van der Waals surface area contributed by atoms with Crippen molar-refractivity contribution in [2.75, 3.05) is 20.8 Å². The number of aliphatic hydroxyl groups is 4. The highest BCUT2D eigenvalue weighted by Crippen LogP contribution is 2.42. The van der Waals surface area contributed by atoms with Crippen LogP contribution in [0.15, 0.2) is 18.2 Å². The van der Waals surface area contributed by atoms with E-state index in [1.807, 2.05) is 0 Å². The predicted molar refractivity (Wildman–Crippen MR) is 120 cm³/mol. The molecule has 11 nitrogen and oxygen atoms in total. The van der Waals surface area contributed by atoms with E-state index in [-0.39, 0.29) is 46.0 Å². The third-order valence-corrected chi connectivity index (χ3v) is 6.33. The van der Waals surface area contributed by atoms with E-state index in [0.717, 1.165) is 0 Å². The number of phenolic OH excluding ortho intramolecular Hbond substituents is 1. The van der Waals surface area contributed by atoms with E-state index in [4.69, 9.17) is 14.2 Å². The molecule has 0 bridgehead atoms. The molecule has 1 aliphatic carbocycles. The van der Waals surface area contributed by atoms with Crippen LogP contribution < -0.4 is 14.8 Å². The summed E-state index contributed by atoms with van der Waals surface area (Å²) in [6.45, 7) is 1.31. The lowest BCUT2D eigenvalue weighted by Crippen LogP contribution is -2.60. The van der Waals surface area contributed by atoms with Crippen molar-refractivity contribution in [3.63, 3.8) is 0 Å². The molecule has 1 heterocycles. The number of methoxy groups -OCH3 is 1. The fourth-order valence-electron chi connectivity index (χ4n) is 4.42. The molecule has 4 rings (SSSR count). The molecule has 0 radical (unpaired) electrons. The molecule has 188 valence electrons. The van der Waals surface area contributed by atoms with Gasteiger partial charge in [0.1, 0.15) is 41.7 Å². The SMILES string of the molecule is CNCc1c(C)cc2c(c1O)C(=O)c1c(OC3OC(CO)C(O)C(O)C3O)cc(OC)cc1C2=O. The molecule has 2 aliphatic rings. The van der Waals surface area contributed by atoms with Crippen LogP contribution in [-0.4, -0.2) is 88.6 Å². The summed E-state index contributed by atoms with van der Waals surface area (Å²) in [6.07, 6.45) is -7.89. The molecule has 0 saturated carbocycles. The molecule has 1 saturated heterocycles.